The fraction of sp³-hybridized carbons (Fsp3) is 0.308. The molecule has 1 atom stereocenters. The van der Waals surface area contributed by atoms with Gasteiger partial charge in [0.25, 0.3) is 0 Å². The van der Waals surface area contributed by atoms with E-state index in [1.807, 2.05) is 11.6 Å². The molecule has 0 radical (unpaired) electrons. The van der Waals surface area contributed by atoms with E-state index in [0.29, 0.717) is 5.56 Å². The van der Waals surface area contributed by atoms with Gasteiger partial charge < -0.3 is 15.4 Å². The van der Waals surface area contributed by atoms with Crippen molar-refractivity contribution < 1.29 is 14.7 Å². The lowest BCUT2D eigenvalue weighted by Crippen LogP contribution is -2.31. The highest BCUT2D eigenvalue weighted by molar-refractivity contribution is 6.02. The van der Waals surface area contributed by atoms with E-state index in [0.717, 1.165) is 11.0 Å². The fourth-order valence-electron chi connectivity index (χ4n) is 1.91. The van der Waals surface area contributed by atoms with Gasteiger partial charge in [-0.25, -0.2) is 4.98 Å². The van der Waals surface area contributed by atoms with Crippen LogP contribution in [0.3, 0.4) is 0 Å². The maximum absolute atomic E-state index is 12.1. The number of hydrogen-bond acceptors (Lipinski definition) is 4. The van der Waals surface area contributed by atoms with Crippen LogP contribution >= 0.6 is 0 Å². The summed E-state index contributed by atoms with van der Waals surface area (Å²) >= 11 is 0. The summed E-state index contributed by atoms with van der Waals surface area (Å²) in [7, 11) is 1.87. The van der Waals surface area contributed by atoms with Crippen LogP contribution in [0.4, 0.5) is 0 Å². The average molecular weight is 261 g/mol. The van der Waals surface area contributed by atoms with E-state index >= 15 is 0 Å². The minimum atomic E-state index is -0.955. The molecule has 0 aliphatic carbocycles. The first kappa shape index (κ1) is 13.2. The Labute approximate surface area is 109 Å². The Morgan fingerprint density at radius 2 is 2.21 bits per heavy atom. The van der Waals surface area contributed by atoms with E-state index in [1.54, 1.807) is 24.5 Å². The molecule has 0 spiro atoms. The Bertz CT molecular complexity index is 633. The largest absolute Gasteiger partial charge is 0.481 e. The van der Waals surface area contributed by atoms with Crippen molar-refractivity contribution in [2.45, 2.75) is 18.9 Å². The van der Waals surface area contributed by atoms with Crippen LogP contribution in [-0.2, 0) is 11.8 Å². The molecule has 1 aromatic heterocycles. The third kappa shape index (κ3) is 2.79. The molecule has 0 fully saturated rings. The van der Waals surface area contributed by atoms with Gasteiger partial charge in [0, 0.05) is 19.0 Å². The summed E-state index contributed by atoms with van der Waals surface area (Å²) in [6, 6.07) is 4.38. The zero-order valence-corrected chi connectivity index (χ0v) is 10.5. The highest BCUT2D eigenvalue weighted by Gasteiger charge is 2.17. The van der Waals surface area contributed by atoms with Gasteiger partial charge in [0.15, 0.2) is 5.78 Å². The van der Waals surface area contributed by atoms with Gasteiger partial charge in [0.05, 0.1) is 23.4 Å². The quantitative estimate of drug-likeness (QED) is 0.781. The summed E-state index contributed by atoms with van der Waals surface area (Å²) in [5, 5.41) is 8.58. The number of nitrogens with zero attached hydrogens (tertiary/aromatic N) is 2. The second-order valence-electron chi connectivity index (χ2n) is 4.46. The molecular formula is C13H15N3O3. The van der Waals surface area contributed by atoms with Gasteiger partial charge in [-0.2, -0.15) is 0 Å². The van der Waals surface area contributed by atoms with Crippen molar-refractivity contribution in [1.82, 2.24) is 9.55 Å². The summed E-state index contributed by atoms with van der Waals surface area (Å²) in [6.07, 6.45) is 1.69. The third-order valence-corrected chi connectivity index (χ3v) is 3.02. The predicted molar refractivity (Wildman–Crippen MR) is 69.9 cm³/mol. The number of carboxylic acid groups (broad SMARTS) is 1. The first-order valence-corrected chi connectivity index (χ1v) is 5.91. The summed E-state index contributed by atoms with van der Waals surface area (Å²) in [4.78, 5) is 26.7. The number of aliphatic carboxylic acids is 1. The summed E-state index contributed by atoms with van der Waals surface area (Å²) in [5.74, 6) is -1.21. The SMILES string of the molecule is Cn1cnc2cc(C(=O)C(N)CCC(=O)O)ccc21. The van der Waals surface area contributed by atoms with Crippen LogP contribution in [-0.4, -0.2) is 32.5 Å². The molecule has 0 saturated carbocycles. The summed E-state index contributed by atoms with van der Waals surface area (Å²) in [5.41, 5.74) is 7.82. The zero-order valence-electron chi connectivity index (χ0n) is 10.5. The summed E-state index contributed by atoms with van der Waals surface area (Å²) in [6.45, 7) is 0. The molecule has 3 N–H and O–H groups in total. The number of carbonyl (C=O) groups is 2. The molecule has 0 bridgehead atoms. The van der Waals surface area contributed by atoms with Gasteiger partial charge in [-0.15, -0.1) is 0 Å². The topological polar surface area (TPSA) is 98.2 Å². The van der Waals surface area contributed by atoms with Crippen molar-refractivity contribution in [3.63, 3.8) is 0 Å². The molecule has 2 aromatic rings. The molecule has 0 aliphatic rings. The molecule has 100 valence electrons. The second-order valence-corrected chi connectivity index (χ2v) is 4.46. The fourth-order valence-corrected chi connectivity index (χ4v) is 1.91. The number of fused-ring (bicyclic) bond motifs is 1. The maximum atomic E-state index is 12.1. The van der Waals surface area contributed by atoms with Crippen LogP contribution in [0.25, 0.3) is 11.0 Å². The molecule has 0 aliphatic heterocycles. The number of imidazole rings is 1. The first-order valence-electron chi connectivity index (χ1n) is 5.91. The van der Waals surface area contributed by atoms with E-state index in [1.165, 1.54) is 0 Å². The molecule has 19 heavy (non-hydrogen) atoms. The second kappa shape index (κ2) is 5.19. The van der Waals surface area contributed by atoms with E-state index in [9.17, 15) is 9.59 Å². The highest BCUT2D eigenvalue weighted by Crippen LogP contribution is 2.15. The minimum Gasteiger partial charge on any atom is -0.481 e. The Morgan fingerprint density at radius 1 is 1.47 bits per heavy atom. The van der Waals surface area contributed by atoms with Crippen LogP contribution in [0.15, 0.2) is 24.5 Å². The van der Waals surface area contributed by atoms with E-state index in [-0.39, 0.29) is 18.6 Å². The van der Waals surface area contributed by atoms with E-state index in [4.69, 9.17) is 10.8 Å². The minimum absolute atomic E-state index is 0.112. The number of ketones is 1. The lowest BCUT2D eigenvalue weighted by atomic mass is 10.0. The highest BCUT2D eigenvalue weighted by atomic mass is 16.4. The monoisotopic (exact) mass is 261 g/mol. The van der Waals surface area contributed by atoms with Crippen molar-refractivity contribution in [2.24, 2.45) is 12.8 Å². The van der Waals surface area contributed by atoms with E-state index in [2.05, 4.69) is 4.98 Å². The Kier molecular flexibility index (Phi) is 3.62. The number of benzene rings is 1. The normalized spacial score (nSPS) is 12.5. The van der Waals surface area contributed by atoms with Crippen LogP contribution in [0.2, 0.25) is 0 Å². The van der Waals surface area contributed by atoms with Crippen LogP contribution in [0.1, 0.15) is 23.2 Å². The molecule has 0 saturated heterocycles. The molecule has 1 aromatic carbocycles. The number of carboxylic acids is 1. The van der Waals surface area contributed by atoms with Gasteiger partial charge in [-0.3, -0.25) is 9.59 Å². The molecule has 1 heterocycles. The number of nitrogens with two attached hydrogens (primary N) is 1. The standard InChI is InChI=1S/C13H15N3O3/c1-16-7-15-10-6-8(2-4-11(10)16)13(19)9(14)3-5-12(17)18/h2,4,6-7,9H,3,5,14H2,1H3,(H,17,18). The number of Topliss-reactive ketones (excluding diaryl/α,β-unsaturated/α-hetero) is 1. The van der Waals surface area contributed by atoms with Crippen LogP contribution in [0, 0.1) is 0 Å². The van der Waals surface area contributed by atoms with Gasteiger partial charge in [0.2, 0.25) is 0 Å². The number of carbonyl (C=O) groups excluding carboxylic acids is 1. The van der Waals surface area contributed by atoms with Crippen molar-refractivity contribution in [1.29, 1.82) is 0 Å². The Morgan fingerprint density at radius 3 is 2.89 bits per heavy atom. The Balaban J connectivity index is 2.18. The lowest BCUT2D eigenvalue weighted by molar-refractivity contribution is -0.137. The molecular weight excluding hydrogens is 246 g/mol. The number of aryl methyl sites for hydroxylation is 1. The van der Waals surface area contributed by atoms with Crippen molar-refractivity contribution in [3.05, 3.63) is 30.1 Å². The molecule has 2 rings (SSSR count). The molecule has 0 amide bonds. The van der Waals surface area contributed by atoms with Gasteiger partial charge >= 0.3 is 5.97 Å². The van der Waals surface area contributed by atoms with Gasteiger partial charge in [0.1, 0.15) is 0 Å². The third-order valence-electron chi connectivity index (χ3n) is 3.02. The van der Waals surface area contributed by atoms with Crippen molar-refractivity contribution >= 4 is 22.8 Å². The summed E-state index contributed by atoms with van der Waals surface area (Å²) < 4.78 is 1.86. The molecule has 1 unspecified atom stereocenters. The van der Waals surface area contributed by atoms with Gasteiger partial charge in [-0.1, -0.05) is 0 Å². The number of rotatable bonds is 5. The molecule has 6 nitrogen and oxygen atoms in total. The van der Waals surface area contributed by atoms with Gasteiger partial charge in [-0.05, 0) is 24.6 Å². The van der Waals surface area contributed by atoms with Crippen LogP contribution in [0.5, 0.6) is 0 Å². The van der Waals surface area contributed by atoms with E-state index < -0.39 is 12.0 Å². The Hall–Kier alpha value is -2.21. The smallest absolute Gasteiger partial charge is 0.303 e. The molecule has 6 heteroatoms. The van der Waals surface area contributed by atoms with Crippen molar-refractivity contribution in [3.8, 4) is 0 Å². The first-order chi connectivity index (χ1) is 8.99. The number of hydrogen-bond donors (Lipinski definition) is 2. The predicted octanol–water partition coefficient (Wildman–Crippen LogP) is 0.948. The average Bonchev–Trinajstić information content (AvgIpc) is 2.76. The number of aromatic nitrogens is 2. The van der Waals surface area contributed by atoms with Crippen molar-refractivity contribution in [2.75, 3.05) is 0 Å². The zero-order chi connectivity index (χ0) is 14.0. The maximum Gasteiger partial charge on any atom is 0.303 e. The lowest BCUT2D eigenvalue weighted by Gasteiger charge is -2.09. The van der Waals surface area contributed by atoms with Crippen LogP contribution < -0.4 is 5.73 Å².